The molecule has 0 aliphatic heterocycles. The first-order valence-electron chi connectivity index (χ1n) is 4.49. The summed E-state index contributed by atoms with van der Waals surface area (Å²) in [6.45, 7) is 0. The van der Waals surface area contributed by atoms with E-state index in [1.54, 1.807) is 0 Å². The average Bonchev–Trinajstić information content (AvgIpc) is 2.28. The second-order valence-corrected chi connectivity index (χ2v) is 3.97. The fraction of sp³-hybridized carbons (Fsp3) is 0. The van der Waals surface area contributed by atoms with E-state index in [0.717, 1.165) is 6.07 Å². The van der Waals surface area contributed by atoms with Crippen molar-refractivity contribution in [2.75, 3.05) is 0 Å². The normalized spacial score (nSPS) is 11.2. The zero-order valence-corrected chi connectivity index (χ0v) is 10.7. The summed E-state index contributed by atoms with van der Waals surface area (Å²) in [5, 5.41) is 10.7. The minimum atomic E-state index is -1.55. The second-order valence-electron chi connectivity index (χ2n) is 3.12. The molecule has 102 valence electrons. The molecule has 0 fully saturated rings. The van der Waals surface area contributed by atoms with Crippen molar-refractivity contribution in [3.8, 4) is 0 Å². The molecule has 1 aromatic rings. The first kappa shape index (κ1) is 14.8. The van der Waals surface area contributed by atoms with E-state index < -0.39 is 44.3 Å². The smallest absolute Gasteiger partial charge is 0.299 e. The lowest BCUT2D eigenvalue weighted by Crippen LogP contribution is -2.26. The van der Waals surface area contributed by atoms with Crippen LogP contribution in [-0.2, 0) is 0 Å². The van der Waals surface area contributed by atoms with Gasteiger partial charge in [-0.15, -0.1) is 0 Å². The summed E-state index contributed by atoms with van der Waals surface area (Å²) in [5.74, 6) is -4.03. The highest BCUT2D eigenvalue weighted by atomic mass is 79.9. The summed E-state index contributed by atoms with van der Waals surface area (Å²) in [6.07, 6.45) is 0. The average molecular weight is 337 g/mol. The number of halogens is 3. The molecular weight excluding hydrogens is 330 g/mol. The molecule has 0 aliphatic rings. The van der Waals surface area contributed by atoms with Crippen LogP contribution in [0.5, 0.6) is 0 Å². The number of nitro benzene ring substituents is 1. The van der Waals surface area contributed by atoms with Crippen LogP contribution in [0, 0.1) is 21.7 Å². The first-order valence-corrected chi connectivity index (χ1v) is 5.29. The Kier molecular flexibility index (Phi) is 4.32. The van der Waals surface area contributed by atoms with E-state index in [1.165, 1.54) is 0 Å². The Morgan fingerprint density at radius 3 is 2.37 bits per heavy atom. The fourth-order valence-corrected chi connectivity index (χ4v) is 1.48. The van der Waals surface area contributed by atoms with Crippen LogP contribution in [0.25, 0.3) is 0 Å². The maximum atomic E-state index is 13.6. The van der Waals surface area contributed by atoms with Crippen LogP contribution in [0.2, 0.25) is 0 Å². The lowest BCUT2D eigenvalue weighted by atomic mass is 10.2. The molecule has 8 nitrogen and oxygen atoms in total. The topological polar surface area (TPSA) is 146 Å². The van der Waals surface area contributed by atoms with Gasteiger partial charge in [-0.2, -0.15) is 4.99 Å². The third-order valence-electron chi connectivity index (χ3n) is 1.78. The number of hydrogen-bond donors (Lipinski definition) is 3. The number of nitrogens with two attached hydrogens (primary N) is 3. The number of benzene rings is 1. The summed E-state index contributed by atoms with van der Waals surface area (Å²) in [6, 6.07) is 0.750. The zero-order chi connectivity index (χ0) is 14.7. The van der Waals surface area contributed by atoms with Crippen molar-refractivity contribution in [1.29, 1.82) is 0 Å². The van der Waals surface area contributed by atoms with Gasteiger partial charge in [0.05, 0.1) is 9.40 Å². The van der Waals surface area contributed by atoms with Crippen molar-refractivity contribution >= 4 is 39.2 Å². The van der Waals surface area contributed by atoms with E-state index in [0.29, 0.717) is 0 Å². The molecule has 0 saturated heterocycles. The van der Waals surface area contributed by atoms with Crippen LogP contribution in [0.1, 0.15) is 0 Å². The van der Waals surface area contributed by atoms with E-state index >= 15 is 0 Å². The van der Waals surface area contributed by atoms with E-state index in [2.05, 4.69) is 25.9 Å². The second kappa shape index (κ2) is 5.56. The van der Waals surface area contributed by atoms with Gasteiger partial charge < -0.3 is 17.2 Å². The Morgan fingerprint density at radius 2 is 1.89 bits per heavy atom. The van der Waals surface area contributed by atoms with Gasteiger partial charge >= 0.3 is 0 Å². The van der Waals surface area contributed by atoms with Crippen molar-refractivity contribution in [1.82, 2.24) is 0 Å². The molecule has 0 spiro atoms. The third kappa shape index (κ3) is 3.34. The van der Waals surface area contributed by atoms with Gasteiger partial charge in [0, 0.05) is 6.07 Å². The van der Waals surface area contributed by atoms with E-state index in [9.17, 15) is 18.9 Å². The van der Waals surface area contributed by atoms with Gasteiger partial charge in [0.15, 0.2) is 23.3 Å². The molecular formula is C8H7BrF2N6O2. The van der Waals surface area contributed by atoms with Gasteiger partial charge in [-0.1, -0.05) is 0 Å². The van der Waals surface area contributed by atoms with Gasteiger partial charge in [-0.3, -0.25) is 10.1 Å². The first-order chi connectivity index (χ1) is 8.73. The molecule has 0 aliphatic carbocycles. The number of rotatable bonds is 2. The quantitative estimate of drug-likeness (QED) is 0.241. The Morgan fingerprint density at radius 1 is 1.32 bits per heavy atom. The van der Waals surface area contributed by atoms with Gasteiger partial charge in [-0.05, 0) is 15.9 Å². The van der Waals surface area contributed by atoms with E-state index in [1.807, 2.05) is 0 Å². The third-order valence-corrected chi connectivity index (χ3v) is 2.36. The molecule has 1 rings (SSSR count). The van der Waals surface area contributed by atoms with Crippen molar-refractivity contribution in [3.05, 3.63) is 32.3 Å². The van der Waals surface area contributed by atoms with E-state index in [-0.39, 0.29) is 0 Å². The lowest BCUT2D eigenvalue weighted by Gasteiger charge is -2.03. The maximum absolute atomic E-state index is 13.6. The van der Waals surface area contributed by atoms with Crippen molar-refractivity contribution in [3.63, 3.8) is 0 Å². The molecule has 19 heavy (non-hydrogen) atoms. The number of hydrogen-bond acceptors (Lipinski definition) is 3. The fourth-order valence-electron chi connectivity index (χ4n) is 1.09. The largest absolute Gasteiger partial charge is 0.370 e. The van der Waals surface area contributed by atoms with Gasteiger partial charge in [0.2, 0.25) is 5.96 Å². The van der Waals surface area contributed by atoms with E-state index in [4.69, 9.17) is 17.2 Å². The molecule has 11 heteroatoms. The Hall–Kier alpha value is -2.30. The van der Waals surface area contributed by atoms with Crippen LogP contribution in [0.3, 0.4) is 0 Å². The lowest BCUT2D eigenvalue weighted by molar-refractivity contribution is -0.384. The van der Waals surface area contributed by atoms with Gasteiger partial charge in [0.25, 0.3) is 5.69 Å². The van der Waals surface area contributed by atoms with Crippen LogP contribution in [0.15, 0.2) is 20.5 Å². The zero-order valence-electron chi connectivity index (χ0n) is 9.10. The molecule has 0 heterocycles. The molecule has 6 N–H and O–H groups in total. The number of guanidine groups is 2. The minimum absolute atomic E-state index is 0.420. The van der Waals surface area contributed by atoms with Crippen LogP contribution >= 0.6 is 15.9 Å². The highest BCUT2D eigenvalue weighted by Crippen LogP contribution is 2.36. The minimum Gasteiger partial charge on any atom is -0.370 e. The van der Waals surface area contributed by atoms with Crippen LogP contribution in [-0.4, -0.2) is 16.8 Å². The SMILES string of the molecule is NC(N)=NC(N)=Nc1c([N+](=O)[O-])cc(Br)c(F)c1F. The van der Waals surface area contributed by atoms with Gasteiger partial charge in [-0.25, -0.2) is 13.8 Å². The van der Waals surface area contributed by atoms with Crippen LogP contribution < -0.4 is 17.2 Å². The highest BCUT2D eigenvalue weighted by Gasteiger charge is 2.24. The molecule has 0 unspecified atom stereocenters. The Labute approximate surface area is 113 Å². The maximum Gasteiger partial charge on any atom is 0.299 e. The van der Waals surface area contributed by atoms with Crippen molar-refractivity contribution in [2.45, 2.75) is 0 Å². The number of nitrogens with zero attached hydrogens (tertiary/aromatic N) is 3. The monoisotopic (exact) mass is 336 g/mol. The molecule has 0 saturated carbocycles. The Bertz CT molecular complexity index is 599. The number of nitro groups is 1. The van der Waals surface area contributed by atoms with Crippen LogP contribution in [0.4, 0.5) is 20.2 Å². The van der Waals surface area contributed by atoms with Gasteiger partial charge in [0.1, 0.15) is 0 Å². The molecule has 0 aromatic heterocycles. The summed E-state index contributed by atoms with van der Waals surface area (Å²) in [5.41, 5.74) is 13.5. The summed E-state index contributed by atoms with van der Waals surface area (Å²) in [7, 11) is 0. The summed E-state index contributed by atoms with van der Waals surface area (Å²) < 4.78 is 26.5. The predicted molar refractivity (Wildman–Crippen MR) is 67.8 cm³/mol. The molecule has 0 amide bonds. The summed E-state index contributed by atoms with van der Waals surface area (Å²) >= 11 is 2.64. The standard InChI is InChI=1S/C8H7BrF2N6O2/c9-2-1-3(17(18)19)6(5(11)4(2)10)15-8(14)16-7(12)13/h1H,(H6,12,13,14,15,16). The predicted octanol–water partition coefficient (Wildman–Crippen LogP) is 0.855. The molecule has 1 aromatic carbocycles. The van der Waals surface area contributed by atoms with Crippen molar-refractivity contribution in [2.24, 2.45) is 27.2 Å². The molecule has 0 bridgehead atoms. The molecule has 0 radical (unpaired) electrons. The van der Waals surface area contributed by atoms with Crippen molar-refractivity contribution < 1.29 is 13.7 Å². The summed E-state index contributed by atoms with van der Waals surface area (Å²) in [4.78, 5) is 16.3. The number of aliphatic imine (C=N–C) groups is 2. The molecule has 0 atom stereocenters. The Balaban J connectivity index is 3.54. The highest BCUT2D eigenvalue weighted by molar-refractivity contribution is 9.10.